The molecule has 5 nitrogen and oxygen atoms in total. The molecular weight excluding hydrogens is 316 g/mol. The second kappa shape index (κ2) is 5.16. The minimum Gasteiger partial charge on any atom is -0.494 e. The summed E-state index contributed by atoms with van der Waals surface area (Å²) in [6.45, 7) is 0. The van der Waals surface area contributed by atoms with Crippen LogP contribution in [-0.4, -0.2) is 21.9 Å². The number of methoxy groups -OCH3 is 1. The molecule has 24 heavy (non-hydrogen) atoms. The summed E-state index contributed by atoms with van der Waals surface area (Å²) in [5.74, 6) is -0.937. The van der Waals surface area contributed by atoms with Gasteiger partial charge in [0, 0.05) is 17.6 Å². The van der Waals surface area contributed by atoms with E-state index >= 15 is 0 Å². The van der Waals surface area contributed by atoms with Crippen LogP contribution >= 0.6 is 0 Å². The van der Waals surface area contributed by atoms with Gasteiger partial charge in [-0.3, -0.25) is 14.9 Å². The van der Waals surface area contributed by atoms with Crippen LogP contribution in [0.15, 0.2) is 47.4 Å². The van der Waals surface area contributed by atoms with Crippen LogP contribution < -0.4 is 10.3 Å². The first-order chi connectivity index (χ1) is 11.6. The molecule has 0 aliphatic rings. The minimum absolute atomic E-state index is 0.0806. The van der Waals surface area contributed by atoms with Crippen molar-refractivity contribution in [2.24, 2.45) is 0 Å². The van der Waals surface area contributed by atoms with Gasteiger partial charge in [-0.1, -0.05) is 0 Å². The number of aromatic amines is 1. The first-order valence-corrected chi connectivity index (χ1v) is 7.11. The largest absolute Gasteiger partial charge is 0.494 e. The van der Waals surface area contributed by atoms with Gasteiger partial charge in [-0.05, 0) is 30.3 Å². The van der Waals surface area contributed by atoms with Crippen molar-refractivity contribution in [2.75, 3.05) is 7.11 Å². The van der Waals surface area contributed by atoms with Crippen molar-refractivity contribution < 1.29 is 13.5 Å². The monoisotopic (exact) mass is 327 g/mol. The summed E-state index contributed by atoms with van der Waals surface area (Å²) in [7, 11) is 1.36. The quantitative estimate of drug-likeness (QED) is 0.615. The maximum Gasteiger partial charge on any atom is 0.280 e. The van der Waals surface area contributed by atoms with Gasteiger partial charge in [-0.15, -0.1) is 0 Å². The van der Waals surface area contributed by atoms with Gasteiger partial charge in [0.05, 0.1) is 29.2 Å². The molecule has 0 aliphatic heterocycles. The number of nitrogens with zero attached hydrogens (tertiary/aromatic N) is 2. The molecule has 0 aliphatic carbocycles. The van der Waals surface area contributed by atoms with Crippen LogP contribution in [0.5, 0.6) is 5.75 Å². The van der Waals surface area contributed by atoms with Crippen LogP contribution in [0.25, 0.3) is 27.5 Å². The van der Waals surface area contributed by atoms with Crippen molar-refractivity contribution in [3.63, 3.8) is 0 Å². The predicted molar refractivity (Wildman–Crippen MR) is 85.7 cm³/mol. The highest BCUT2D eigenvalue weighted by Gasteiger charge is 2.14. The number of hydrogen-bond donors (Lipinski definition) is 1. The number of ether oxygens (including phenoxy) is 1. The van der Waals surface area contributed by atoms with Crippen molar-refractivity contribution in [1.29, 1.82) is 0 Å². The van der Waals surface area contributed by atoms with Crippen LogP contribution in [-0.2, 0) is 0 Å². The van der Waals surface area contributed by atoms with Gasteiger partial charge in [0.2, 0.25) is 0 Å². The normalized spacial score (nSPS) is 11.3. The van der Waals surface area contributed by atoms with Gasteiger partial charge in [0.25, 0.3) is 5.56 Å². The standard InChI is InChI=1S/C17H11F2N3O2/c1-24-15-5-3-10(7-13(15)19)22-17(23)12-8-20-14-4-2-9(18)6-11(14)16(12)21-22/h2-8,21H,1H3. The molecule has 0 unspecified atom stereocenters. The Morgan fingerprint density at radius 1 is 1.12 bits per heavy atom. The fourth-order valence-electron chi connectivity index (χ4n) is 2.71. The Hall–Kier alpha value is -3.22. The van der Waals surface area contributed by atoms with Crippen molar-refractivity contribution in [3.8, 4) is 11.4 Å². The summed E-state index contributed by atoms with van der Waals surface area (Å²) < 4.78 is 33.5. The lowest BCUT2D eigenvalue weighted by atomic mass is 10.2. The number of halogens is 2. The fraction of sp³-hybridized carbons (Fsp3) is 0.0588. The zero-order chi connectivity index (χ0) is 16.8. The maximum atomic E-state index is 13.9. The topological polar surface area (TPSA) is 59.9 Å². The fourth-order valence-corrected chi connectivity index (χ4v) is 2.71. The number of pyridine rings is 1. The maximum absolute atomic E-state index is 13.9. The molecule has 4 rings (SSSR count). The van der Waals surface area contributed by atoms with Crippen LogP contribution in [0.4, 0.5) is 8.78 Å². The second-order valence-corrected chi connectivity index (χ2v) is 5.28. The zero-order valence-electron chi connectivity index (χ0n) is 12.5. The van der Waals surface area contributed by atoms with Crippen LogP contribution in [0.2, 0.25) is 0 Å². The lowest BCUT2D eigenvalue weighted by Gasteiger charge is -2.05. The van der Waals surface area contributed by atoms with E-state index in [0.29, 0.717) is 27.5 Å². The molecule has 0 saturated heterocycles. The Morgan fingerprint density at radius 3 is 2.71 bits per heavy atom. The van der Waals surface area contributed by atoms with E-state index in [4.69, 9.17) is 4.74 Å². The lowest BCUT2D eigenvalue weighted by molar-refractivity contribution is 0.386. The Balaban J connectivity index is 2.02. The van der Waals surface area contributed by atoms with Crippen molar-refractivity contribution in [3.05, 3.63) is 64.6 Å². The highest BCUT2D eigenvalue weighted by molar-refractivity contribution is 6.02. The smallest absolute Gasteiger partial charge is 0.280 e. The molecule has 0 spiro atoms. The molecule has 1 N–H and O–H groups in total. The highest BCUT2D eigenvalue weighted by atomic mass is 19.1. The molecule has 2 aromatic carbocycles. The third-order valence-corrected chi connectivity index (χ3v) is 3.88. The third kappa shape index (κ3) is 2.05. The number of aromatic nitrogens is 3. The van der Waals surface area contributed by atoms with Gasteiger partial charge in [0.1, 0.15) is 5.82 Å². The summed E-state index contributed by atoms with van der Waals surface area (Å²) in [6.07, 6.45) is 1.42. The van der Waals surface area contributed by atoms with E-state index in [1.54, 1.807) is 6.07 Å². The van der Waals surface area contributed by atoms with Gasteiger partial charge in [-0.25, -0.2) is 13.5 Å². The first kappa shape index (κ1) is 14.4. The highest BCUT2D eigenvalue weighted by Crippen LogP contribution is 2.23. The van der Waals surface area contributed by atoms with Crippen molar-refractivity contribution >= 4 is 21.8 Å². The van der Waals surface area contributed by atoms with E-state index in [1.807, 2.05) is 0 Å². The molecule has 0 amide bonds. The lowest BCUT2D eigenvalue weighted by Crippen LogP contribution is -2.14. The number of fused-ring (bicyclic) bond motifs is 3. The van der Waals surface area contributed by atoms with E-state index in [1.165, 1.54) is 48.3 Å². The van der Waals surface area contributed by atoms with E-state index in [2.05, 4.69) is 10.1 Å². The van der Waals surface area contributed by atoms with Gasteiger partial charge in [0.15, 0.2) is 11.6 Å². The number of benzene rings is 2. The van der Waals surface area contributed by atoms with E-state index < -0.39 is 17.2 Å². The summed E-state index contributed by atoms with van der Waals surface area (Å²) >= 11 is 0. The van der Waals surface area contributed by atoms with Crippen LogP contribution in [0.1, 0.15) is 0 Å². The molecule has 120 valence electrons. The molecule has 4 aromatic rings. The molecule has 0 fully saturated rings. The van der Waals surface area contributed by atoms with Gasteiger partial charge in [-0.2, -0.15) is 0 Å². The average Bonchev–Trinajstić information content (AvgIpc) is 2.92. The summed E-state index contributed by atoms with van der Waals surface area (Å²) in [4.78, 5) is 16.7. The second-order valence-electron chi connectivity index (χ2n) is 5.28. The van der Waals surface area contributed by atoms with Crippen molar-refractivity contribution in [1.82, 2.24) is 14.8 Å². The Labute approximate surface area is 134 Å². The molecule has 2 aromatic heterocycles. The Kier molecular flexibility index (Phi) is 3.09. The van der Waals surface area contributed by atoms with E-state index in [0.717, 1.165) is 0 Å². The molecule has 0 saturated carbocycles. The number of rotatable bonds is 2. The molecule has 2 heterocycles. The SMILES string of the molecule is COc1ccc(-n2[nH]c3c(cnc4ccc(F)cc43)c2=O)cc1F. The molecular formula is C17H11F2N3O2. The Morgan fingerprint density at radius 2 is 1.96 bits per heavy atom. The van der Waals surface area contributed by atoms with Crippen LogP contribution in [0.3, 0.4) is 0 Å². The summed E-state index contributed by atoms with van der Waals surface area (Å²) in [5, 5.41) is 3.68. The molecule has 7 heteroatoms. The molecule has 0 radical (unpaired) electrons. The van der Waals surface area contributed by atoms with Gasteiger partial charge < -0.3 is 4.74 Å². The Bertz CT molecular complexity index is 1150. The zero-order valence-corrected chi connectivity index (χ0v) is 12.5. The molecule has 0 bridgehead atoms. The van der Waals surface area contributed by atoms with E-state index in [-0.39, 0.29) is 5.75 Å². The first-order valence-electron chi connectivity index (χ1n) is 7.11. The number of nitrogens with one attached hydrogen (secondary N) is 1. The minimum atomic E-state index is -0.588. The molecule has 0 atom stereocenters. The van der Waals surface area contributed by atoms with Crippen molar-refractivity contribution in [2.45, 2.75) is 0 Å². The predicted octanol–water partition coefficient (Wildman–Crippen LogP) is 3.15. The van der Waals surface area contributed by atoms with Crippen LogP contribution in [0, 0.1) is 11.6 Å². The van der Waals surface area contributed by atoms with Gasteiger partial charge >= 0.3 is 0 Å². The number of hydrogen-bond acceptors (Lipinski definition) is 3. The average molecular weight is 327 g/mol. The van der Waals surface area contributed by atoms with E-state index in [9.17, 15) is 13.6 Å². The third-order valence-electron chi connectivity index (χ3n) is 3.88. The summed E-state index contributed by atoms with van der Waals surface area (Å²) in [5.41, 5.74) is 0.909. The number of H-pyrrole nitrogens is 1. The summed E-state index contributed by atoms with van der Waals surface area (Å²) in [6, 6.07) is 8.31.